The molecular formula is C12H11N3O. The molecule has 80 valence electrons. The van der Waals surface area contributed by atoms with Gasteiger partial charge in [0.15, 0.2) is 0 Å². The Kier molecular flexibility index (Phi) is 2.91. The minimum absolute atomic E-state index is 0.435. The summed E-state index contributed by atoms with van der Waals surface area (Å²) in [6, 6.07) is 7.14. The Balaban J connectivity index is 2.22. The van der Waals surface area contributed by atoms with Gasteiger partial charge in [0.1, 0.15) is 0 Å². The molecule has 0 fully saturated rings. The number of pyridine rings is 2. The van der Waals surface area contributed by atoms with E-state index in [1.165, 1.54) is 0 Å². The van der Waals surface area contributed by atoms with Crippen molar-refractivity contribution in [2.24, 2.45) is 5.73 Å². The molecule has 2 aromatic heterocycles. The smallest absolute Gasteiger partial charge is 0.248 e. The molecule has 1 amide bonds. The molecule has 4 nitrogen and oxygen atoms in total. The number of aromatic nitrogens is 2. The molecule has 0 saturated carbocycles. The maximum Gasteiger partial charge on any atom is 0.248 e. The molecule has 0 aliphatic rings. The van der Waals surface area contributed by atoms with Crippen molar-refractivity contribution in [3.63, 3.8) is 0 Å². The SMILES string of the molecule is NC(=O)c1ccnc(Cc2cccnc2)c1. The number of primary amides is 1. The Morgan fingerprint density at radius 2 is 2.19 bits per heavy atom. The van der Waals surface area contributed by atoms with Crippen LogP contribution in [0.15, 0.2) is 42.9 Å². The summed E-state index contributed by atoms with van der Waals surface area (Å²) in [6.45, 7) is 0. The van der Waals surface area contributed by atoms with Gasteiger partial charge in [0, 0.05) is 36.3 Å². The molecule has 0 spiro atoms. The van der Waals surface area contributed by atoms with Crippen LogP contribution in [0.3, 0.4) is 0 Å². The summed E-state index contributed by atoms with van der Waals surface area (Å²) in [5.74, 6) is -0.435. The molecule has 2 aromatic rings. The molecule has 2 heterocycles. The van der Waals surface area contributed by atoms with Crippen LogP contribution in [0.5, 0.6) is 0 Å². The standard InChI is InChI=1S/C12H11N3O/c13-12(16)10-3-5-15-11(7-10)6-9-2-1-4-14-8-9/h1-5,7-8H,6H2,(H2,13,16). The molecular weight excluding hydrogens is 202 g/mol. The highest BCUT2D eigenvalue weighted by Crippen LogP contribution is 2.07. The van der Waals surface area contributed by atoms with E-state index in [1.807, 2.05) is 12.1 Å². The number of nitrogens with zero attached hydrogens (tertiary/aromatic N) is 2. The second-order valence-corrected chi connectivity index (χ2v) is 3.44. The lowest BCUT2D eigenvalue weighted by Gasteiger charge is -2.01. The van der Waals surface area contributed by atoms with Crippen LogP contribution in [0.1, 0.15) is 21.6 Å². The number of nitrogens with two attached hydrogens (primary N) is 1. The summed E-state index contributed by atoms with van der Waals surface area (Å²) < 4.78 is 0. The minimum Gasteiger partial charge on any atom is -0.366 e. The van der Waals surface area contributed by atoms with Gasteiger partial charge in [-0.3, -0.25) is 14.8 Å². The molecule has 0 saturated heterocycles. The van der Waals surface area contributed by atoms with E-state index in [0.717, 1.165) is 11.3 Å². The number of hydrogen-bond acceptors (Lipinski definition) is 3. The Morgan fingerprint density at radius 3 is 2.88 bits per heavy atom. The van der Waals surface area contributed by atoms with Crippen LogP contribution in [-0.4, -0.2) is 15.9 Å². The van der Waals surface area contributed by atoms with E-state index in [1.54, 1.807) is 30.7 Å². The lowest BCUT2D eigenvalue weighted by molar-refractivity contribution is 0.1000. The van der Waals surface area contributed by atoms with Gasteiger partial charge in [0.05, 0.1) is 0 Å². The van der Waals surface area contributed by atoms with Crippen LogP contribution in [0, 0.1) is 0 Å². The molecule has 0 aromatic carbocycles. The van der Waals surface area contributed by atoms with Crippen molar-refractivity contribution in [1.29, 1.82) is 0 Å². The molecule has 2 N–H and O–H groups in total. The molecule has 0 bridgehead atoms. The van der Waals surface area contributed by atoms with Gasteiger partial charge >= 0.3 is 0 Å². The Labute approximate surface area is 93.2 Å². The van der Waals surface area contributed by atoms with E-state index < -0.39 is 5.91 Å². The molecule has 0 radical (unpaired) electrons. The van der Waals surface area contributed by atoms with E-state index in [2.05, 4.69) is 9.97 Å². The zero-order chi connectivity index (χ0) is 11.4. The third kappa shape index (κ3) is 2.42. The van der Waals surface area contributed by atoms with Crippen molar-refractivity contribution >= 4 is 5.91 Å². The van der Waals surface area contributed by atoms with E-state index in [0.29, 0.717) is 12.0 Å². The van der Waals surface area contributed by atoms with E-state index in [9.17, 15) is 4.79 Å². The van der Waals surface area contributed by atoms with Crippen molar-refractivity contribution in [2.75, 3.05) is 0 Å². The predicted octanol–water partition coefficient (Wildman–Crippen LogP) is 1.17. The molecule has 4 heteroatoms. The van der Waals surface area contributed by atoms with Gasteiger partial charge in [-0.25, -0.2) is 0 Å². The summed E-state index contributed by atoms with van der Waals surface area (Å²) in [6.07, 6.45) is 5.73. The molecule has 0 unspecified atom stereocenters. The zero-order valence-corrected chi connectivity index (χ0v) is 8.63. The first-order chi connectivity index (χ1) is 7.75. The van der Waals surface area contributed by atoms with Gasteiger partial charge in [0.2, 0.25) is 5.91 Å². The van der Waals surface area contributed by atoms with Gasteiger partial charge in [-0.2, -0.15) is 0 Å². The van der Waals surface area contributed by atoms with Gasteiger partial charge in [0.25, 0.3) is 0 Å². The molecule has 0 aliphatic heterocycles. The number of carbonyl (C=O) groups excluding carboxylic acids is 1. The van der Waals surface area contributed by atoms with Crippen LogP contribution < -0.4 is 5.73 Å². The third-order valence-electron chi connectivity index (χ3n) is 2.21. The Bertz CT molecular complexity index is 497. The van der Waals surface area contributed by atoms with Crippen molar-refractivity contribution in [1.82, 2.24) is 9.97 Å². The van der Waals surface area contributed by atoms with E-state index >= 15 is 0 Å². The van der Waals surface area contributed by atoms with Crippen molar-refractivity contribution < 1.29 is 4.79 Å². The highest BCUT2D eigenvalue weighted by atomic mass is 16.1. The summed E-state index contributed by atoms with van der Waals surface area (Å²) >= 11 is 0. The fraction of sp³-hybridized carbons (Fsp3) is 0.0833. The van der Waals surface area contributed by atoms with Crippen molar-refractivity contribution in [3.8, 4) is 0 Å². The van der Waals surface area contributed by atoms with Gasteiger partial charge < -0.3 is 5.73 Å². The summed E-state index contributed by atoms with van der Waals surface area (Å²) in [7, 11) is 0. The van der Waals surface area contributed by atoms with E-state index in [4.69, 9.17) is 5.73 Å². The van der Waals surface area contributed by atoms with Crippen LogP contribution in [-0.2, 0) is 6.42 Å². The second kappa shape index (κ2) is 4.53. The maximum absolute atomic E-state index is 11.0. The van der Waals surface area contributed by atoms with Gasteiger partial charge in [-0.05, 0) is 23.8 Å². The van der Waals surface area contributed by atoms with Gasteiger partial charge in [-0.1, -0.05) is 6.07 Å². The third-order valence-corrected chi connectivity index (χ3v) is 2.21. The normalized spacial score (nSPS) is 10.0. The van der Waals surface area contributed by atoms with Crippen molar-refractivity contribution in [2.45, 2.75) is 6.42 Å². The first kappa shape index (κ1) is 10.3. The average Bonchev–Trinajstić information content (AvgIpc) is 2.30. The van der Waals surface area contributed by atoms with Crippen LogP contribution in [0.4, 0.5) is 0 Å². The first-order valence-corrected chi connectivity index (χ1v) is 4.89. The molecule has 2 rings (SSSR count). The van der Waals surface area contributed by atoms with Crippen LogP contribution in [0.2, 0.25) is 0 Å². The first-order valence-electron chi connectivity index (χ1n) is 4.89. The van der Waals surface area contributed by atoms with Crippen LogP contribution in [0.25, 0.3) is 0 Å². The predicted molar refractivity (Wildman–Crippen MR) is 59.8 cm³/mol. The number of carbonyl (C=O) groups is 1. The summed E-state index contributed by atoms with van der Waals surface area (Å²) in [5.41, 5.74) is 7.54. The topological polar surface area (TPSA) is 68.9 Å². The largest absolute Gasteiger partial charge is 0.366 e. The lowest BCUT2D eigenvalue weighted by atomic mass is 10.1. The van der Waals surface area contributed by atoms with E-state index in [-0.39, 0.29) is 0 Å². The highest BCUT2D eigenvalue weighted by Gasteiger charge is 2.03. The number of amides is 1. The Morgan fingerprint density at radius 1 is 1.31 bits per heavy atom. The molecule has 0 aliphatic carbocycles. The summed E-state index contributed by atoms with van der Waals surface area (Å²) in [5, 5.41) is 0. The second-order valence-electron chi connectivity index (χ2n) is 3.44. The molecule has 0 atom stereocenters. The lowest BCUT2D eigenvalue weighted by Crippen LogP contribution is -2.11. The average molecular weight is 213 g/mol. The van der Waals surface area contributed by atoms with Crippen molar-refractivity contribution in [3.05, 3.63) is 59.7 Å². The van der Waals surface area contributed by atoms with Gasteiger partial charge in [-0.15, -0.1) is 0 Å². The summed E-state index contributed by atoms with van der Waals surface area (Å²) in [4.78, 5) is 19.2. The van der Waals surface area contributed by atoms with Crippen LogP contribution >= 0.6 is 0 Å². The zero-order valence-electron chi connectivity index (χ0n) is 8.63. The quantitative estimate of drug-likeness (QED) is 0.832. The maximum atomic E-state index is 11.0. The number of rotatable bonds is 3. The fourth-order valence-corrected chi connectivity index (χ4v) is 1.44. The minimum atomic E-state index is -0.435. The highest BCUT2D eigenvalue weighted by molar-refractivity contribution is 5.92. The Hall–Kier alpha value is -2.23. The molecule has 16 heavy (non-hydrogen) atoms. The fourth-order valence-electron chi connectivity index (χ4n) is 1.44. The number of hydrogen-bond donors (Lipinski definition) is 1. The monoisotopic (exact) mass is 213 g/mol.